The van der Waals surface area contributed by atoms with Gasteiger partial charge in [-0.25, -0.2) is 4.39 Å². The van der Waals surface area contributed by atoms with Gasteiger partial charge < -0.3 is 15.2 Å². The van der Waals surface area contributed by atoms with Crippen LogP contribution in [0.15, 0.2) is 42.5 Å². The number of aromatic hydroxyl groups is 1. The molecule has 4 heteroatoms. The van der Waals surface area contributed by atoms with E-state index in [1.807, 2.05) is 24.3 Å². The highest BCUT2D eigenvalue weighted by atomic mass is 19.1. The molecule has 3 nitrogen and oxygen atoms in total. The van der Waals surface area contributed by atoms with Crippen molar-refractivity contribution in [2.45, 2.75) is 13.1 Å². The van der Waals surface area contributed by atoms with Gasteiger partial charge in [-0.3, -0.25) is 0 Å². The molecule has 0 bridgehead atoms. The van der Waals surface area contributed by atoms with Crippen molar-refractivity contribution in [1.29, 1.82) is 0 Å². The molecule has 19 heavy (non-hydrogen) atoms. The van der Waals surface area contributed by atoms with Crippen LogP contribution in [0.25, 0.3) is 0 Å². The predicted octanol–water partition coefficient (Wildman–Crippen LogP) is 2.83. The van der Waals surface area contributed by atoms with Crippen molar-refractivity contribution in [3.05, 3.63) is 59.4 Å². The standard InChI is InChI=1S/C15H16FNO2/c1-19-15-4-2-3-11(7-15)9-17-10-12-5-13(16)8-14(18)6-12/h2-8,17-18H,9-10H2,1H3. The number of rotatable bonds is 5. The van der Waals surface area contributed by atoms with E-state index in [4.69, 9.17) is 4.74 Å². The van der Waals surface area contributed by atoms with Crippen molar-refractivity contribution in [2.75, 3.05) is 7.11 Å². The van der Waals surface area contributed by atoms with E-state index in [0.717, 1.165) is 17.4 Å². The Bertz CT molecular complexity index is 537. The lowest BCUT2D eigenvalue weighted by Gasteiger charge is -2.07. The van der Waals surface area contributed by atoms with Crippen molar-refractivity contribution in [2.24, 2.45) is 0 Å². The molecule has 100 valence electrons. The fourth-order valence-electron chi connectivity index (χ4n) is 1.87. The van der Waals surface area contributed by atoms with Crippen LogP contribution in [0.3, 0.4) is 0 Å². The second-order valence-electron chi connectivity index (χ2n) is 4.27. The molecule has 2 rings (SSSR count). The SMILES string of the molecule is COc1cccc(CNCc2cc(O)cc(F)c2)c1. The van der Waals surface area contributed by atoms with E-state index < -0.39 is 5.82 Å². The van der Waals surface area contributed by atoms with Crippen LogP contribution >= 0.6 is 0 Å². The zero-order valence-corrected chi connectivity index (χ0v) is 10.7. The third-order valence-corrected chi connectivity index (χ3v) is 2.73. The van der Waals surface area contributed by atoms with Crippen LogP contribution in [0.1, 0.15) is 11.1 Å². The molecular formula is C15H16FNO2. The third-order valence-electron chi connectivity index (χ3n) is 2.73. The van der Waals surface area contributed by atoms with E-state index in [1.165, 1.54) is 6.07 Å². The molecule has 0 atom stereocenters. The number of benzene rings is 2. The second-order valence-corrected chi connectivity index (χ2v) is 4.27. The lowest BCUT2D eigenvalue weighted by molar-refractivity contribution is 0.414. The minimum atomic E-state index is -0.432. The number of hydrogen-bond donors (Lipinski definition) is 2. The van der Waals surface area contributed by atoms with Crippen LogP contribution in [0.5, 0.6) is 11.5 Å². The summed E-state index contributed by atoms with van der Waals surface area (Å²) in [7, 11) is 1.63. The Labute approximate surface area is 111 Å². The molecule has 0 radical (unpaired) electrons. The highest BCUT2D eigenvalue weighted by Crippen LogP contribution is 2.15. The van der Waals surface area contributed by atoms with Gasteiger partial charge in [-0.1, -0.05) is 12.1 Å². The zero-order chi connectivity index (χ0) is 13.7. The topological polar surface area (TPSA) is 41.5 Å². The van der Waals surface area contributed by atoms with E-state index in [2.05, 4.69) is 5.32 Å². The Morgan fingerprint density at radius 1 is 1.11 bits per heavy atom. The molecule has 0 aliphatic carbocycles. The Kier molecular flexibility index (Phi) is 4.36. The Hall–Kier alpha value is -2.07. The minimum Gasteiger partial charge on any atom is -0.508 e. The molecule has 2 N–H and O–H groups in total. The maximum absolute atomic E-state index is 13.1. The molecule has 0 amide bonds. The van der Waals surface area contributed by atoms with Gasteiger partial charge in [0.25, 0.3) is 0 Å². The molecule has 2 aromatic rings. The number of hydrogen-bond acceptors (Lipinski definition) is 3. The molecule has 0 fully saturated rings. The van der Waals surface area contributed by atoms with E-state index in [1.54, 1.807) is 13.2 Å². The van der Waals surface area contributed by atoms with Gasteiger partial charge in [0.1, 0.15) is 17.3 Å². The monoisotopic (exact) mass is 261 g/mol. The van der Waals surface area contributed by atoms with Crippen molar-refractivity contribution in [3.8, 4) is 11.5 Å². The fourth-order valence-corrected chi connectivity index (χ4v) is 1.87. The molecule has 0 aliphatic rings. The molecule has 0 spiro atoms. The van der Waals surface area contributed by atoms with Gasteiger partial charge in [0.2, 0.25) is 0 Å². The van der Waals surface area contributed by atoms with Crippen LogP contribution < -0.4 is 10.1 Å². The van der Waals surface area contributed by atoms with Gasteiger partial charge in [0.15, 0.2) is 0 Å². The first-order chi connectivity index (χ1) is 9.17. The first-order valence-corrected chi connectivity index (χ1v) is 5.99. The largest absolute Gasteiger partial charge is 0.508 e. The van der Waals surface area contributed by atoms with Gasteiger partial charge in [-0.15, -0.1) is 0 Å². The molecular weight excluding hydrogens is 245 g/mol. The van der Waals surface area contributed by atoms with Gasteiger partial charge in [0, 0.05) is 19.2 Å². The minimum absolute atomic E-state index is 0.0572. The summed E-state index contributed by atoms with van der Waals surface area (Å²) in [5, 5.41) is 12.5. The molecule has 0 unspecified atom stereocenters. The van der Waals surface area contributed by atoms with Crippen LogP contribution in [-0.2, 0) is 13.1 Å². The van der Waals surface area contributed by atoms with E-state index in [9.17, 15) is 9.50 Å². The highest BCUT2D eigenvalue weighted by molar-refractivity contribution is 5.29. The van der Waals surface area contributed by atoms with Crippen molar-refractivity contribution >= 4 is 0 Å². The molecule has 0 saturated carbocycles. The average Bonchev–Trinajstić information content (AvgIpc) is 2.38. The summed E-state index contributed by atoms with van der Waals surface area (Å²) in [5.74, 6) is 0.319. The maximum Gasteiger partial charge on any atom is 0.127 e. The lowest BCUT2D eigenvalue weighted by Crippen LogP contribution is -2.12. The Morgan fingerprint density at radius 3 is 2.63 bits per heavy atom. The molecule has 2 aromatic carbocycles. The number of methoxy groups -OCH3 is 1. The van der Waals surface area contributed by atoms with Crippen molar-refractivity contribution in [1.82, 2.24) is 5.32 Å². The summed E-state index contributed by atoms with van der Waals surface area (Å²) >= 11 is 0. The van der Waals surface area contributed by atoms with Crippen LogP contribution in [0.2, 0.25) is 0 Å². The van der Waals surface area contributed by atoms with Gasteiger partial charge in [0.05, 0.1) is 7.11 Å². The molecule has 0 aliphatic heterocycles. The van der Waals surface area contributed by atoms with Crippen LogP contribution in [0, 0.1) is 5.82 Å². The Morgan fingerprint density at radius 2 is 1.89 bits per heavy atom. The number of phenolic OH excluding ortho intramolecular Hbond substituents is 1. The number of halogens is 1. The summed E-state index contributed by atoms with van der Waals surface area (Å²) in [6.07, 6.45) is 0. The van der Waals surface area contributed by atoms with Gasteiger partial charge in [-0.2, -0.15) is 0 Å². The van der Waals surface area contributed by atoms with Crippen molar-refractivity contribution < 1.29 is 14.2 Å². The first-order valence-electron chi connectivity index (χ1n) is 5.99. The predicted molar refractivity (Wildman–Crippen MR) is 71.6 cm³/mol. The Balaban J connectivity index is 1.92. The van der Waals surface area contributed by atoms with Crippen molar-refractivity contribution in [3.63, 3.8) is 0 Å². The summed E-state index contributed by atoms with van der Waals surface area (Å²) < 4.78 is 18.2. The lowest BCUT2D eigenvalue weighted by atomic mass is 10.2. The number of nitrogens with one attached hydrogen (secondary N) is 1. The molecule has 0 heterocycles. The van der Waals surface area contributed by atoms with Crippen LogP contribution in [0.4, 0.5) is 4.39 Å². The first kappa shape index (κ1) is 13.4. The van der Waals surface area contributed by atoms with E-state index in [0.29, 0.717) is 18.7 Å². The number of phenols is 1. The van der Waals surface area contributed by atoms with Crippen LogP contribution in [-0.4, -0.2) is 12.2 Å². The van der Waals surface area contributed by atoms with E-state index >= 15 is 0 Å². The van der Waals surface area contributed by atoms with Gasteiger partial charge >= 0.3 is 0 Å². The maximum atomic E-state index is 13.1. The number of ether oxygens (including phenoxy) is 1. The molecule has 0 saturated heterocycles. The normalized spacial score (nSPS) is 10.4. The summed E-state index contributed by atoms with van der Waals surface area (Å²) in [4.78, 5) is 0. The summed E-state index contributed by atoms with van der Waals surface area (Å²) in [6, 6.07) is 11.8. The van der Waals surface area contributed by atoms with E-state index in [-0.39, 0.29) is 5.75 Å². The summed E-state index contributed by atoms with van der Waals surface area (Å²) in [6.45, 7) is 1.14. The third kappa shape index (κ3) is 3.96. The van der Waals surface area contributed by atoms with Gasteiger partial charge in [-0.05, 0) is 35.4 Å². The summed E-state index contributed by atoms with van der Waals surface area (Å²) in [5.41, 5.74) is 1.79. The smallest absolute Gasteiger partial charge is 0.127 e. The average molecular weight is 261 g/mol. The zero-order valence-electron chi connectivity index (χ0n) is 10.7. The highest BCUT2D eigenvalue weighted by Gasteiger charge is 2.00. The quantitative estimate of drug-likeness (QED) is 0.869. The second kappa shape index (κ2) is 6.20. The fraction of sp³-hybridized carbons (Fsp3) is 0.200. The molecule has 0 aromatic heterocycles.